The number of methoxy groups -OCH3 is 1. The number of nitrogens with zero attached hydrogens (tertiary/aromatic N) is 4. The van der Waals surface area contributed by atoms with Crippen molar-refractivity contribution in [1.29, 1.82) is 0 Å². The summed E-state index contributed by atoms with van der Waals surface area (Å²) in [5.41, 5.74) is 3.06. The van der Waals surface area contributed by atoms with Crippen molar-refractivity contribution in [3.05, 3.63) is 41.3 Å². The largest absolute Gasteiger partial charge is 0.493 e. The predicted molar refractivity (Wildman–Crippen MR) is 91.7 cm³/mol. The molecule has 3 rings (SSSR count). The maximum absolute atomic E-state index is 5.55. The monoisotopic (exact) mass is 327 g/mol. The zero-order valence-electron chi connectivity index (χ0n) is 14.3. The van der Waals surface area contributed by atoms with Crippen LogP contribution in [0.3, 0.4) is 0 Å². The second kappa shape index (κ2) is 6.74. The standard InChI is InChI=1S/C17H21N5O2/c1-5-24-14-7-6-13(8-15(14)23-4)9-18-16-11(2)12(3)21-17-19-10-20-22(16)17/h6-8,10,18H,5,9H2,1-4H3. The Morgan fingerprint density at radius 3 is 2.79 bits per heavy atom. The van der Waals surface area contributed by atoms with Gasteiger partial charge >= 0.3 is 0 Å². The summed E-state index contributed by atoms with van der Waals surface area (Å²) in [6.07, 6.45) is 1.51. The zero-order valence-corrected chi connectivity index (χ0v) is 14.3. The van der Waals surface area contributed by atoms with Gasteiger partial charge in [0.05, 0.1) is 13.7 Å². The highest BCUT2D eigenvalue weighted by Crippen LogP contribution is 2.28. The quantitative estimate of drug-likeness (QED) is 0.750. The average molecular weight is 327 g/mol. The van der Waals surface area contributed by atoms with Gasteiger partial charge < -0.3 is 14.8 Å². The van der Waals surface area contributed by atoms with Crippen LogP contribution in [-0.4, -0.2) is 33.3 Å². The summed E-state index contributed by atoms with van der Waals surface area (Å²) in [5, 5.41) is 7.67. The van der Waals surface area contributed by atoms with Gasteiger partial charge in [-0.2, -0.15) is 14.6 Å². The molecular weight excluding hydrogens is 306 g/mol. The molecule has 0 aliphatic heterocycles. The van der Waals surface area contributed by atoms with Crippen LogP contribution in [0.1, 0.15) is 23.7 Å². The van der Waals surface area contributed by atoms with Gasteiger partial charge in [0.1, 0.15) is 12.1 Å². The van der Waals surface area contributed by atoms with E-state index < -0.39 is 0 Å². The lowest BCUT2D eigenvalue weighted by atomic mass is 10.2. The van der Waals surface area contributed by atoms with E-state index in [0.29, 0.717) is 18.9 Å². The van der Waals surface area contributed by atoms with Crippen LogP contribution in [0.4, 0.5) is 5.82 Å². The Balaban J connectivity index is 1.86. The molecule has 0 atom stereocenters. The van der Waals surface area contributed by atoms with Crippen molar-refractivity contribution in [3.8, 4) is 11.5 Å². The molecular formula is C17H21N5O2. The molecule has 0 aliphatic rings. The van der Waals surface area contributed by atoms with Crippen LogP contribution in [0.5, 0.6) is 11.5 Å². The molecule has 3 aromatic rings. The van der Waals surface area contributed by atoms with E-state index >= 15 is 0 Å². The smallest absolute Gasteiger partial charge is 0.254 e. The molecule has 126 valence electrons. The first kappa shape index (κ1) is 16.0. The highest BCUT2D eigenvalue weighted by molar-refractivity contribution is 5.52. The first-order chi connectivity index (χ1) is 11.6. The molecule has 7 heteroatoms. The molecule has 0 saturated carbocycles. The summed E-state index contributed by atoms with van der Waals surface area (Å²) < 4.78 is 12.7. The SMILES string of the molecule is CCOc1ccc(CNc2c(C)c(C)nc3ncnn23)cc1OC. The molecule has 0 amide bonds. The van der Waals surface area contributed by atoms with Crippen LogP contribution >= 0.6 is 0 Å². The predicted octanol–water partition coefficient (Wildman–Crippen LogP) is 2.76. The first-order valence-electron chi connectivity index (χ1n) is 7.84. The molecule has 0 aliphatic carbocycles. The minimum absolute atomic E-state index is 0.588. The summed E-state index contributed by atoms with van der Waals surface area (Å²) in [5.74, 6) is 2.95. The Morgan fingerprint density at radius 1 is 1.21 bits per heavy atom. The van der Waals surface area contributed by atoms with Gasteiger partial charge in [0.25, 0.3) is 5.78 Å². The Bertz CT molecular complexity index is 860. The van der Waals surface area contributed by atoms with Gasteiger partial charge in [0, 0.05) is 17.8 Å². The van der Waals surface area contributed by atoms with Crippen LogP contribution in [0.15, 0.2) is 24.5 Å². The summed E-state index contributed by atoms with van der Waals surface area (Å²) in [6.45, 7) is 7.17. The van der Waals surface area contributed by atoms with Crippen molar-refractivity contribution in [1.82, 2.24) is 19.6 Å². The van der Waals surface area contributed by atoms with Crippen molar-refractivity contribution in [3.63, 3.8) is 0 Å². The number of hydrogen-bond donors (Lipinski definition) is 1. The molecule has 0 bridgehead atoms. The molecule has 0 saturated heterocycles. The maximum Gasteiger partial charge on any atom is 0.254 e. The number of ether oxygens (including phenoxy) is 2. The number of aromatic nitrogens is 4. The average Bonchev–Trinajstić information content (AvgIpc) is 3.04. The molecule has 1 aromatic carbocycles. The molecule has 0 unspecified atom stereocenters. The van der Waals surface area contributed by atoms with Crippen LogP contribution < -0.4 is 14.8 Å². The minimum atomic E-state index is 0.588. The fraction of sp³-hybridized carbons (Fsp3) is 0.353. The summed E-state index contributed by atoms with van der Waals surface area (Å²) in [4.78, 5) is 8.58. The summed E-state index contributed by atoms with van der Waals surface area (Å²) in [7, 11) is 1.64. The fourth-order valence-electron chi connectivity index (χ4n) is 2.52. The van der Waals surface area contributed by atoms with E-state index in [-0.39, 0.29) is 0 Å². The first-order valence-corrected chi connectivity index (χ1v) is 7.84. The number of rotatable bonds is 6. The maximum atomic E-state index is 5.55. The van der Waals surface area contributed by atoms with E-state index in [4.69, 9.17) is 9.47 Å². The van der Waals surface area contributed by atoms with E-state index in [1.165, 1.54) is 6.33 Å². The number of fused-ring (bicyclic) bond motifs is 1. The summed E-state index contributed by atoms with van der Waals surface area (Å²) >= 11 is 0. The van der Waals surface area contributed by atoms with E-state index in [0.717, 1.165) is 34.1 Å². The third-order valence-corrected chi connectivity index (χ3v) is 3.90. The van der Waals surface area contributed by atoms with Crippen molar-refractivity contribution >= 4 is 11.6 Å². The van der Waals surface area contributed by atoms with E-state index in [1.54, 1.807) is 11.6 Å². The Morgan fingerprint density at radius 2 is 2.04 bits per heavy atom. The van der Waals surface area contributed by atoms with Crippen molar-refractivity contribution in [2.45, 2.75) is 27.3 Å². The second-order valence-electron chi connectivity index (χ2n) is 5.41. The lowest BCUT2D eigenvalue weighted by molar-refractivity contribution is 0.310. The van der Waals surface area contributed by atoms with Crippen LogP contribution in [0, 0.1) is 13.8 Å². The lowest BCUT2D eigenvalue weighted by Gasteiger charge is -2.14. The topological polar surface area (TPSA) is 73.6 Å². The molecule has 0 radical (unpaired) electrons. The normalized spacial score (nSPS) is 10.8. The van der Waals surface area contributed by atoms with E-state index in [2.05, 4.69) is 20.4 Å². The third-order valence-electron chi connectivity index (χ3n) is 3.90. The number of hydrogen-bond acceptors (Lipinski definition) is 6. The lowest BCUT2D eigenvalue weighted by Crippen LogP contribution is -2.10. The van der Waals surface area contributed by atoms with Gasteiger partial charge in [0.15, 0.2) is 11.5 Å². The second-order valence-corrected chi connectivity index (χ2v) is 5.41. The zero-order chi connectivity index (χ0) is 17.1. The number of aryl methyl sites for hydroxylation is 1. The van der Waals surface area contributed by atoms with Gasteiger partial charge in [0.2, 0.25) is 0 Å². The molecule has 2 aromatic heterocycles. The summed E-state index contributed by atoms with van der Waals surface area (Å²) in [6, 6.07) is 5.91. The molecule has 0 spiro atoms. The van der Waals surface area contributed by atoms with Gasteiger partial charge in [-0.05, 0) is 38.5 Å². The Labute approximate surface area is 140 Å². The van der Waals surface area contributed by atoms with Crippen molar-refractivity contribution < 1.29 is 9.47 Å². The van der Waals surface area contributed by atoms with Crippen LogP contribution in [0.2, 0.25) is 0 Å². The van der Waals surface area contributed by atoms with Gasteiger partial charge in [-0.3, -0.25) is 0 Å². The highest BCUT2D eigenvalue weighted by atomic mass is 16.5. The fourth-order valence-corrected chi connectivity index (χ4v) is 2.52. The van der Waals surface area contributed by atoms with Crippen molar-refractivity contribution in [2.24, 2.45) is 0 Å². The number of anilines is 1. The molecule has 2 heterocycles. The molecule has 0 fully saturated rings. The van der Waals surface area contributed by atoms with Gasteiger partial charge in [-0.1, -0.05) is 6.07 Å². The Kier molecular flexibility index (Phi) is 4.50. The minimum Gasteiger partial charge on any atom is -0.493 e. The van der Waals surface area contributed by atoms with Crippen LogP contribution in [-0.2, 0) is 6.54 Å². The van der Waals surface area contributed by atoms with Crippen molar-refractivity contribution in [2.75, 3.05) is 19.0 Å². The van der Waals surface area contributed by atoms with Gasteiger partial charge in [-0.15, -0.1) is 0 Å². The highest BCUT2D eigenvalue weighted by Gasteiger charge is 2.11. The third kappa shape index (κ3) is 2.97. The molecule has 7 nitrogen and oxygen atoms in total. The molecule has 1 N–H and O–H groups in total. The Hall–Kier alpha value is -2.83. The number of benzene rings is 1. The van der Waals surface area contributed by atoms with Crippen LogP contribution in [0.25, 0.3) is 5.78 Å². The molecule has 24 heavy (non-hydrogen) atoms. The van der Waals surface area contributed by atoms with E-state index in [1.807, 2.05) is 39.0 Å². The van der Waals surface area contributed by atoms with Gasteiger partial charge in [-0.25, -0.2) is 4.98 Å². The number of nitrogens with one attached hydrogen (secondary N) is 1. The van der Waals surface area contributed by atoms with E-state index in [9.17, 15) is 0 Å².